The zero-order valence-electron chi connectivity index (χ0n) is 10.3. The van der Waals surface area contributed by atoms with Gasteiger partial charge in [0.05, 0.1) is 5.75 Å². The first kappa shape index (κ1) is 14.4. The SMILES string of the molecule is CC(C)CC(NS(=O)(=O)CC1CCC1)C(=O)O. The highest BCUT2D eigenvalue weighted by molar-refractivity contribution is 7.89. The lowest BCUT2D eigenvalue weighted by Crippen LogP contribution is -2.44. The number of carboxylic acids is 1. The van der Waals surface area contributed by atoms with Crippen molar-refractivity contribution in [3.05, 3.63) is 0 Å². The summed E-state index contributed by atoms with van der Waals surface area (Å²) < 4.78 is 25.8. The van der Waals surface area contributed by atoms with Gasteiger partial charge in [-0.3, -0.25) is 4.79 Å². The molecular weight excluding hydrogens is 242 g/mol. The molecule has 1 aliphatic carbocycles. The van der Waals surface area contributed by atoms with Crippen molar-refractivity contribution in [3.63, 3.8) is 0 Å². The van der Waals surface area contributed by atoms with E-state index in [0.717, 1.165) is 19.3 Å². The van der Waals surface area contributed by atoms with Gasteiger partial charge in [-0.15, -0.1) is 0 Å². The van der Waals surface area contributed by atoms with E-state index in [0.29, 0.717) is 6.42 Å². The van der Waals surface area contributed by atoms with Gasteiger partial charge >= 0.3 is 5.97 Å². The van der Waals surface area contributed by atoms with Crippen molar-refractivity contribution in [2.75, 3.05) is 5.75 Å². The van der Waals surface area contributed by atoms with Crippen molar-refractivity contribution < 1.29 is 18.3 Å². The van der Waals surface area contributed by atoms with Gasteiger partial charge in [0.2, 0.25) is 10.0 Å². The molecule has 1 fully saturated rings. The Hall–Kier alpha value is -0.620. The van der Waals surface area contributed by atoms with Gasteiger partial charge < -0.3 is 5.11 Å². The van der Waals surface area contributed by atoms with E-state index in [2.05, 4.69) is 4.72 Å². The van der Waals surface area contributed by atoms with Crippen LogP contribution in [0.25, 0.3) is 0 Å². The third-order valence-electron chi connectivity index (χ3n) is 3.01. The summed E-state index contributed by atoms with van der Waals surface area (Å²) in [6.07, 6.45) is 3.26. The maximum absolute atomic E-state index is 11.8. The van der Waals surface area contributed by atoms with Crippen LogP contribution in [-0.2, 0) is 14.8 Å². The summed E-state index contributed by atoms with van der Waals surface area (Å²) in [6.45, 7) is 3.74. The second-order valence-corrected chi connectivity index (χ2v) is 7.02. The summed E-state index contributed by atoms with van der Waals surface area (Å²) in [5, 5.41) is 8.96. The minimum Gasteiger partial charge on any atom is -0.480 e. The first-order chi connectivity index (χ1) is 7.80. The van der Waals surface area contributed by atoms with Gasteiger partial charge in [-0.2, -0.15) is 0 Å². The summed E-state index contributed by atoms with van der Waals surface area (Å²) in [4.78, 5) is 11.0. The maximum Gasteiger partial charge on any atom is 0.321 e. The first-order valence-electron chi connectivity index (χ1n) is 6.03. The maximum atomic E-state index is 11.8. The second-order valence-electron chi connectivity index (χ2n) is 5.22. The van der Waals surface area contributed by atoms with Gasteiger partial charge in [0.15, 0.2) is 0 Å². The van der Waals surface area contributed by atoms with E-state index in [4.69, 9.17) is 5.11 Å². The minimum atomic E-state index is -3.46. The van der Waals surface area contributed by atoms with Crippen LogP contribution in [0.15, 0.2) is 0 Å². The molecule has 0 bridgehead atoms. The van der Waals surface area contributed by atoms with E-state index < -0.39 is 22.0 Å². The summed E-state index contributed by atoms with van der Waals surface area (Å²) in [5.74, 6) is -0.686. The molecule has 0 spiro atoms. The average molecular weight is 263 g/mol. The lowest BCUT2D eigenvalue weighted by molar-refractivity contribution is -0.139. The topological polar surface area (TPSA) is 83.5 Å². The molecule has 1 rings (SSSR count). The quantitative estimate of drug-likeness (QED) is 0.723. The molecule has 0 radical (unpaired) electrons. The molecule has 1 aliphatic rings. The zero-order chi connectivity index (χ0) is 13.1. The molecule has 0 aromatic rings. The van der Waals surface area contributed by atoms with Crippen LogP contribution in [-0.4, -0.2) is 31.3 Å². The number of hydrogen-bond acceptors (Lipinski definition) is 3. The van der Waals surface area contributed by atoms with Crippen molar-refractivity contribution in [1.82, 2.24) is 4.72 Å². The Labute approximate surface area is 103 Å². The predicted molar refractivity (Wildman–Crippen MR) is 65.1 cm³/mol. The number of sulfonamides is 1. The predicted octanol–water partition coefficient (Wildman–Crippen LogP) is 1.21. The smallest absolute Gasteiger partial charge is 0.321 e. The normalized spacial score (nSPS) is 19.0. The molecule has 17 heavy (non-hydrogen) atoms. The summed E-state index contributed by atoms with van der Waals surface area (Å²) in [6, 6.07) is -1.000. The van der Waals surface area contributed by atoms with E-state index in [-0.39, 0.29) is 17.6 Å². The molecule has 0 aliphatic heterocycles. The first-order valence-corrected chi connectivity index (χ1v) is 7.68. The number of carboxylic acid groups (broad SMARTS) is 1. The molecule has 0 saturated heterocycles. The van der Waals surface area contributed by atoms with Crippen molar-refractivity contribution in [2.45, 2.75) is 45.6 Å². The lowest BCUT2D eigenvalue weighted by atomic mass is 9.87. The summed E-state index contributed by atoms with van der Waals surface area (Å²) in [5.41, 5.74) is 0. The van der Waals surface area contributed by atoms with E-state index >= 15 is 0 Å². The highest BCUT2D eigenvalue weighted by atomic mass is 32.2. The highest BCUT2D eigenvalue weighted by Crippen LogP contribution is 2.27. The molecule has 2 N–H and O–H groups in total. The molecule has 0 heterocycles. The van der Waals surface area contributed by atoms with Gasteiger partial charge in [-0.25, -0.2) is 13.1 Å². The molecule has 1 saturated carbocycles. The van der Waals surface area contributed by atoms with Crippen LogP contribution in [0.5, 0.6) is 0 Å². The van der Waals surface area contributed by atoms with Gasteiger partial charge in [0.1, 0.15) is 6.04 Å². The third-order valence-corrected chi connectivity index (χ3v) is 4.56. The molecular formula is C11H21NO4S. The molecule has 1 unspecified atom stereocenters. The fraction of sp³-hybridized carbons (Fsp3) is 0.909. The van der Waals surface area contributed by atoms with Crippen molar-refractivity contribution in [1.29, 1.82) is 0 Å². The van der Waals surface area contributed by atoms with Crippen LogP contribution in [0.1, 0.15) is 39.5 Å². The molecule has 6 heteroatoms. The number of rotatable bonds is 7. The Morgan fingerprint density at radius 2 is 2.00 bits per heavy atom. The number of aliphatic carboxylic acids is 1. The van der Waals surface area contributed by atoms with Crippen LogP contribution in [0.4, 0.5) is 0 Å². The Bertz CT molecular complexity index is 360. The Morgan fingerprint density at radius 1 is 1.41 bits per heavy atom. The molecule has 0 aromatic carbocycles. The number of carbonyl (C=O) groups is 1. The molecule has 5 nitrogen and oxygen atoms in total. The molecule has 1 atom stereocenters. The molecule has 0 aromatic heterocycles. The third kappa shape index (κ3) is 5.04. The molecule has 0 amide bonds. The number of hydrogen-bond donors (Lipinski definition) is 2. The van der Waals surface area contributed by atoms with E-state index in [1.54, 1.807) is 0 Å². The highest BCUT2D eigenvalue weighted by Gasteiger charge is 2.29. The zero-order valence-corrected chi connectivity index (χ0v) is 11.2. The van der Waals surface area contributed by atoms with Gasteiger partial charge in [0.25, 0.3) is 0 Å². The Kier molecular flexibility index (Phi) is 4.94. The fourth-order valence-electron chi connectivity index (χ4n) is 1.91. The van der Waals surface area contributed by atoms with E-state index in [1.165, 1.54) is 0 Å². The van der Waals surface area contributed by atoms with Gasteiger partial charge in [-0.05, 0) is 31.1 Å². The van der Waals surface area contributed by atoms with Crippen LogP contribution in [0.2, 0.25) is 0 Å². The van der Waals surface area contributed by atoms with E-state index in [1.807, 2.05) is 13.8 Å². The summed E-state index contributed by atoms with van der Waals surface area (Å²) in [7, 11) is -3.46. The second kappa shape index (κ2) is 5.82. The Balaban J connectivity index is 2.54. The van der Waals surface area contributed by atoms with Gasteiger partial charge in [0, 0.05) is 0 Å². The number of nitrogens with one attached hydrogen (secondary N) is 1. The van der Waals surface area contributed by atoms with Crippen LogP contribution in [0, 0.1) is 11.8 Å². The van der Waals surface area contributed by atoms with Crippen molar-refractivity contribution >= 4 is 16.0 Å². The fourth-order valence-corrected chi connectivity index (χ4v) is 3.59. The lowest BCUT2D eigenvalue weighted by Gasteiger charge is -2.26. The monoisotopic (exact) mass is 263 g/mol. The minimum absolute atomic E-state index is 0.0644. The Morgan fingerprint density at radius 3 is 2.35 bits per heavy atom. The van der Waals surface area contributed by atoms with Crippen LogP contribution < -0.4 is 4.72 Å². The molecule has 100 valence electrons. The van der Waals surface area contributed by atoms with Crippen molar-refractivity contribution in [3.8, 4) is 0 Å². The standard InChI is InChI=1S/C11H21NO4S/c1-8(2)6-10(11(13)14)12-17(15,16)7-9-4-3-5-9/h8-10,12H,3-7H2,1-2H3,(H,13,14). The van der Waals surface area contributed by atoms with Crippen LogP contribution >= 0.6 is 0 Å². The van der Waals surface area contributed by atoms with Crippen LogP contribution in [0.3, 0.4) is 0 Å². The average Bonchev–Trinajstić information content (AvgIpc) is 2.09. The van der Waals surface area contributed by atoms with Crippen molar-refractivity contribution in [2.24, 2.45) is 11.8 Å². The van der Waals surface area contributed by atoms with Gasteiger partial charge in [-0.1, -0.05) is 20.3 Å². The largest absolute Gasteiger partial charge is 0.480 e. The van der Waals surface area contributed by atoms with E-state index in [9.17, 15) is 13.2 Å². The summed E-state index contributed by atoms with van der Waals surface area (Å²) >= 11 is 0.